The maximum Gasteiger partial charge on any atom is 0.270 e. The fourth-order valence-electron chi connectivity index (χ4n) is 3.16. The van der Waals surface area contributed by atoms with Gasteiger partial charge in [-0.3, -0.25) is 4.79 Å². The maximum absolute atomic E-state index is 12.8. The Morgan fingerprint density at radius 3 is 2.76 bits per heavy atom. The van der Waals surface area contributed by atoms with E-state index in [9.17, 15) is 4.79 Å². The molecule has 0 aliphatic carbocycles. The second-order valence-electron chi connectivity index (χ2n) is 6.10. The Morgan fingerprint density at radius 1 is 1.38 bits per heavy atom. The summed E-state index contributed by atoms with van der Waals surface area (Å²) in [5.74, 6) is -0.590. The van der Waals surface area contributed by atoms with Crippen molar-refractivity contribution in [3.8, 4) is 0 Å². The average Bonchev–Trinajstić information content (AvgIpc) is 3.05. The van der Waals surface area contributed by atoms with Crippen molar-refractivity contribution in [3.63, 3.8) is 0 Å². The highest BCUT2D eigenvalue weighted by Crippen LogP contribution is 2.31. The number of nitrogens with two attached hydrogens (primary N) is 1. The van der Waals surface area contributed by atoms with Crippen LogP contribution >= 0.6 is 0 Å². The maximum atomic E-state index is 12.8. The number of amides is 1. The van der Waals surface area contributed by atoms with E-state index in [-0.39, 0.29) is 11.9 Å². The molecule has 0 atom stereocenters. The number of carbonyl (C=O) groups excluding carboxylic acids is 1. The molecule has 0 aromatic carbocycles. The number of piperidine rings is 1. The molecule has 0 radical (unpaired) electrons. The number of hydrogen-bond donors (Lipinski definition) is 1. The minimum Gasteiger partial charge on any atom is -0.397 e. The Hall–Kier alpha value is -1.53. The summed E-state index contributed by atoms with van der Waals surface area (Å²) in [5, 5.41) is 0. The van der Waals surface area contributed by atoms with Gasteiger partial charge in [-0.2, -0.15) is 0 Å². The average molecular weight is 293 g/mol. The number of likely N-dealkylation sites (tertiary alicyclic amines) is 1. The predicted molar refractivity (Wildman–Crippen MR) is 79.0 cm³/mol. The number of hydrogen-bond acceptors (Lipinski definition) is 4. The third-order valence-corrected chi connectivity index (χ3v) is 4.16. The second kappa shape index (κ2) is 5.35. The van der Waals surface area contributed by atoms with Gasteiger partial charge < -0.3 is 24.7 Å². The summed E-state index contributed by atoms with van der Waals surface area (Å²) in [5.41, 5.74) is 7.11. The van der Waals surface area contributed by atoms with E-state index in [1.807, 2.05) is 29.5 Å². The van der Waals surface area contributed by atoms with Gasteiger partial charge in [0.15, 0.2) is 5.79 Å². The normalized spacial score (nSPS) is 21.4. The van der Waals surface area contributed by atoms with E-state index < -0.39 is 5.79 Å². The van der Waals surface area contributed by atoms with Crippen LogP contribution in [0.4, 0.5) is 5.69 Å². The number of ether oxygens (including phenoxy) is 2. The molecule has 3 heterocycles. The van der Waals surface area contributed by atoms with Crippen molar-refractivity contribution in [3.05, 3.63) is 18.0 Å². The van der Waals surface area contributed by atoms with Crippen LogP contribution in [-0.2, 0) is 9.47 Å². The SMILES string of the molecule is CC(C)n1cc(N)cc1C(=O)N1CCCC2(C1)OCCO2. The van der Waals surface area contributed by atoms with Crippen LogP contribution in [0.5, 0.6) is 0 Å². The van der Waals surface area contributed by atoms with Crippen LogP contribution in [0, 0.1) is 0 Å². The van der Waals surface area contributed by atoms with Gasteiger partial charge in [0.2, 0.25) is 0 Å². The first-order chi connectivity index (χ1) is 10.0. The van der Waals surface area contributed by atoms with Gasteiger partial charge in [-0.15, -0.1) is 0 Å². The lowest BCUT2D eigenvalue weighted by atomic mass is 10.0. The van der Waals surface area contributed by atoms with E-state index in [1.165, 1.54) is 0 Å². The molecule has 3 rings (SSSR count). The minimum atomic E-state index is -0.589. The summed E-state index contributed by atoms with van der Waals surface area (Å²) in [6, 6.07) is 1.94. The van der Waals surface area contributed by atoms with E-state index in [1.54, 1.807) is 6.07 Å². The number of rotatable bonds is 2. The molecule has 21 heavy (non-hydrogen) atoms. The van der Waals surface area contributed by atoms with E-state index >= 15 is 0 Å². The first-order valence-corrected chi connectivity index (χ1v) is 7.55. The van der Waals surface area contributed by atoms with Crippen molar-refractivity contribution in [2.45, 2.75) is 38.5 Å². The Balaban J connectivity index is 1.81. The molecule has 2 N–H and O–H groups in total. The van der Waals surface area contributed by atoms with Gasteiger partial charge in [0.05, 0.1) is 25.4 Å². The van der Waals surface area contributed by atoms with Crippen LogP contribution in [0.2, 0.25) is 0 Å². The second-order valence-corrected chi connectivity index (χ2v) is 6.10. The molecule has 6 heteroatoms. The molecule has 0 bridgehead atoms. The van der Waals surface area contributed by atoms with Crippen molar-refractivity contribution in [2.24, 2.45) is 0 Å². The van der Waals surface area contributed by atoms with Gasteiger partial charge in [0.1, 0.15) is 5.69 Å². The number of aromatic nitrogens is 1. The number of nitrogens with zero attached hydrogens (tertiary/aromatic N) is 2. The van der Waals surface area contributed by atoms with Gasteiger partial charge in [-0.05, 0) is 26.3 Å². The topological polar surface area (TPSA) is 69.7 Å². The van der Waals surface area contributed by atoms with E-state index in [4.69, 9.17) is 15.2 Å². The molecule has 1 spiro atoms. The first-order valence-electron chi connectivity index (χ1n) is 7.55. The first kappa shape index (κ1) is 14.4. The fourth-order valence-corrected chi connectivity index (χ4v) is 3.16. The molecule has 2 fully saturated rings. The molecular formula is C15H23N3O3. The molecule has 2 aliphatic heterocycles. The smallest absolute Gasteiger partial charge is 0.270 e. The van der Waals surface area contributed by atoms with Crippen molar-refractivity contribution < 1.29 is 14.3 Å². The highest BCUT2D eigenvalue weighted by Gasteiger charge is 2.42. The quantitative estimate of drug-likeness (QED) is 0.900. The minimum absolute atomic E-state index is 0.00132. The van der Waals surface area contributed by atoms with E-state index in [0.717, 1.165) is 19.4 Å². The highest BCUT2D eigenvalue weighted by molar-refractivity contribution is 5.94. The molecule has 6 nitrogen and oxygen atoms in total. The summed E-state index contributed by atoms with van der Waals surface area (Å²) in [6.45, 7) is 6.52. The van der Waals surface area contributed by atoms with Crippen LogP contribution in [0.1, 0.15) is 43.2 Å². The zero-order valence-electron chi connectivity index (χ0n) is 12.7. The van der Waals surface area contributed by atoms with E-state index in [0.29, 0.717) is 31.1 Å². The van der Waals surface area contributed by atoms with Crippen LogP contribution in [0.15, 0.2) is 12.3 Å². The third kappa shape index (κ3) is 2.65. The molecule has 2 aliphatic rings. The lowest BCUT2D eigenvalue weighted by molar-refractivity contribution is -0.183. The Bertz CT molecular complexity index is 532. The molecule has 2 saturated heterocycles. The molecule has 0 saturated carbocycles. The number of carbonyl (C=O) groups is 1. The van der Waals surface area contributed by atoms with Gasteiger partial charge in [-0.1, -0.05) is 0 Å². The molecule has 1 aromatic rings. The van der Waals surface area contributed by atoms with Gasteiger partial charge >= 0.3 is 0 Å². The molecule has 116 valence electrons. The van der Waals surface area contributed by atoms with Crippen LogP contribution in [-0.4, -0.2) is 47.5 Å². The summed E-state index contributed by atoms with van der Waals surface area (Å²) in [4.78, 5) is 14.6. The third-order valence-electron chi connectivity index (χ3n) is 4.16. The summed E-state index contributed by atoms with van der Waals surface area (Å²) >= 11 is 0. The molecule has 1 amide bonds. The van der Waals surface area contributed by atoms with Crippen molar-refractivity contribution >= 4 is 11.6 Å². The lowest BCUT2D eigenvalue weighted by Crippen LogP contribution is -2.51. The largest absolute Gasteiger partial charge is 0.397 e. The standard InChI is InChI=1S/C15H23N3O3/c1-11(2)18-9-12(16)8-13(18)14(19)17-5-3-4-15(10-17)20-6-7-21-15/h8-9,11H,3-7,10,16H2,1-2H3. The number of nitrogen functional groups attached to an aromatic ring is 1. The highest BCUT2D eigenvalue weighted by atomic mass is 16.7. The predicted octanol–water partition coefficient (Wildman–Crippen LogP) is 1.63. The Kier molecular flexibility index (Phi) is 3.67. The molecule has 1 aromatic heterocycles. The van der Waals surface area contributed by atoms with Crippen molar-refractivity contribution in [1.82, 2.24) is 9.47 Å². The number of anilines is 1. The lowest BCUT2D eigenvalue weighted by Gasteiger charge is -2.38. The van der Waals surface area contributed by atoms with Crippen molar-refractivity contribution in [2.75, 3.05) is 32.0 Å². The van der Waals surface area contributed by atoms with Gasteiger partial charge in [-0.25, -0.2) is 0 Å². The zero-order chi connectivity index (χ0) is 15.0. The monoisotopic (exact) mass is 293 g/mol. The van der Waals surface area contributed by atoms with Crippen LogP contribution in [0.3, 0.4) is 0 Å². The molecular weight excluding hydrogens is 270 g/mol. The molecule has 0 unspecified atom stereocenters. The summed E-state index contributed by atoms with van der Waals surface area (Å²) < 4.78 is 13.4. The fraction of sp³-hybridized carbons (Fsp3) is 0.667. The van der Waals surface area contributed by atoms with Crippen LogP contribution in [0.25, 0.3) is 0 Å². The summed E-state index contributed by atoms with van der Waals surface area (Å²) in [7, 11) is 0. The van der Waals surface area contributed by atoms with Gasteiger partial charge in [0, 0.05) is 25.2 Å². The van der Waals surface area contributed by atoms with Gasteiger partial charge in [0.25, 0.3) is 5.91 Å². The Labute approximate surface area is 124 Å². The zero-order valence-corrected chi connectivity index (χ0v) is 12.7. The van der Waals surface area contributed by atoms with Crippen LogP contribution < -0.4 is 5.73 Å². The Morgan fingerprint density at radius 2 is 2.10 bits per heavy atom. The van der Waals surface area contributed by atoms with E-state index in [2.05, 4.69) is 0 Å². The summed E-state index contributed by atoms with van der Waals surface area (Å²) in [6.07, 6.45) is 3.56. The van der Waals surface area contributed by atoms with Crippen molar-refractivity contribution in [1.29, 1.82) is 0 Å².